The highest BCUT2D eigenvalue weighted by Crippen LogP contribution is 2.41. The van der Waals surface area contributed by atoms with Gasteiger partial charge in [0, 0.05) is 17.3 Å². The van der Waals surface area contributed by atoms with E-state index in [-0.39, 0.29) is 16.8 Å². The molecule has 2 N–H and O–H groups in total. The molecule has 0 spiro atoms. The van der Waals surface area contributed by atoms with Gasteiger partial charge in [-0.3, -0.25) is 10.1 Å². The standard InChI is InChI=1S/C13H16N2O4/c1-13(2,8-3-4-8)14-9-5-6-10(12(16)17)11(7-9)15(18)19/h5-8,14H,3-4H2,1-2H3,(H,16,17). The molecule has 0 atom stereocenters. The third-order valence-electron chi connectivity index (χ3n) is 3.49. The first-order chi connectivity index (χ1) is 8.81. The van der Waals surface area contributed by atoms with Gasteiger partial charge in [0.05, 0.1) is 4.92 Å². The predicted octanol–water partition coefficient (Wildman–Crippen LogP) is 2.89. The van der Waals surface area contributed by atoms with E-state index in [9.17, 15) is 14.9 Å². The Morgan fingerprint density at radius 1 is 1.47 bits per heavy atom. The molecule has 0 unspecified atom stereocenters. The maximum atomic E-state index is 10.9. The number of benzene rings is 1. The molecule has 102 valence electrons. The van der Waals surface area contributed by atoms with E-state index < -0.39 is 10.9 Å². The van der Waals surface area contributed by atoms with Gasteiger partial charge in [-0.2, -0.15) is 0 Å². The average Bonchev–Trinajstić information content (AvgIpc) is 3.11. The second-order valence-corrected chi connectivity index (χ2v) is 5.42. The number of carbonyl (C=O) groups is 1. The molecule has 0 radical (unpaired) electrons. The monoisotopic (exact) mass is 264 g/mol. The molecule has 0 saturated heterocycles. The summed E-state index contributed by atoms with van der Waals surface area (Å²) < 4.78 is 0. The van der Waals surface area contributed by atoms with Crippen molar-refractivity contribution in [3.63, 3.8) is 0 Å². The number of nitrogens with zero attached hydrogens (tertiary/aromatic N) is 1. The number of nitro benzene ring substituents is 1. The molecule has 0 amide bonds. The summed E-state index contributed by atoms with van der Waals surface area (Å²) in [4.78, 5) is 21.2. The molecule has 6 nitrogen and oxygen atoms in total. The molecule has 2 rings (SSSR count). The predicted molar refractivity (Wildman–Crippen MR) is 70.5 cm³/mol. The summed E-state index contributed by atoms with van der Waals surface area (Å²) in [6.45, 7) is 4.09. The molecule has 1 fully saturated rings. The lowest BCUT2D eigenvalue weighted by atomic mass is 9.98. The zero-order valence-electron chi connectivity index (χ0n) is 10.8. The van der Waals surface area contributed by atoms with Crippen molar-refractivity contribution in [2.24, 2.45) is 5.92 Å². The van der Waals surface area contributed by atoms with E-state index in [1.54, 1.807) is 6.07 Å². The Balaban J connectivity index is 2.30. The molecule has 1 aliphatic rings. The van der Waals surface area contributed by atoms with E-state index >= 15 is 0 Å². The normalized spacial score (nSPS) is 15.1. The van der Waals surface area contributed by atoms with E-state index in [2.05, 4.69) is 5.32 Å². The van der Waals surface area contributed by atoms with Gasteiger partial charge in [-0.15, -0.1) is 0 Å². The maximum absolute atomic E-state index is 10.9. The van der Waals surface area contributed by atoms with Gasteiger partial charge in [0.15, 0.2) is 0 Å². The summed E-state index contributed by atoms with van der Waals surface area (Å²) in [6, 6.07) is 4.12. The Hall–Kier alpha value is -2.11. The smallest absolute Gasteiger partial charge is 0.342 e. The summed E-state index contributed by atoms with van der Waals surface area (Å²) in [7, 11) is 0. The first-order valence-electron chi connectivity index (χ1n) is 6.11. The van der Waals surface area contributed by atoms with Crippen molar-refractivity contribution in [1.82, 2.24) is 0 Å². The van der Waals surface area contributed by atoms with Gasteiger partial charge in [0.1, 0.15) is 5.56 Å². The molecule has 0 aromatic heterocycles. The Bertz CT molecular complexity index is 535. The number of nitrogens with one attached hydrogen (secondary N) is 1. The Morgan fingerprint density at radius 3 is 2.58 bits per heavy atom. The van der Waals surface area contributed by atoms with Crippen molar-refractivity contribution in [2.75, 3.05) is 5.32 Å². The Morgan fingerprint density at radius 2 is 2.11 bits per heavy atom. The van der Waals surface area contributed by atoms with Gasteiger partial charge in [-0.25, -0.2) is 4.79 Å². The van der Waals surface area contributed by atoms with Crippen molar-refractivity contribution in [3.05, 3.63) is 33.9 Å². The van der Waals surface area contributed by atoms with Crippen LogP contribution in [0.2, 0.25) is 0 Å². The lowest BCUT2D eigenvalue weighted by molar-refractivity contribution is -0.385. The number of rotatable bonds is 5. The number of hydrogen-bond donors (Lipinski definition) is 2. The van der Waals surface area contributed by atoms with Gasteiger partial charge in [-0.05, 0) is 44.7 Å². The van der Waals surface area contributed by atoms with Crippen LogP contribution >= 0.6 is 0 Å². The quantitative estimate of drug-likeness (QED) is 0.630. The fourth-order valence-electron chi connectivity index (χ4n) is 2.22. The Labute approximate surface area is 110 Å². The van der Waals surface area contributed by atoms with Crippen molar-refractivity contribution in [1.29, 1.82) is 0 Å². The summed E-state index contributed by atoms with van der Waals surface area (Å²) in [5.41, 5.74) is -0.240. The second-order valence-electron chi connectivity index (χ2n) is 5.42. The minimum Gasteiger partial charge on any atom is -0.477 e. The number of carboxylic acid groups (broad SMARTS) is 1. The zero-order valence-corrected chi connectivity index (χ0v) is 10.8. The molecule has 0 aliphatic heterocycles. The molecular weight excluding hydrogens is 248 g/mol. The molecule has 19 heavy (non-hydrogen) atoms. The molecule has 0 bridgehead atoms. The first kappa shape index (κ1) is 13.3. The fraction of sp³-hybridized carbons (Fsp3) is 0.462. The van der Waals surface area contributed by atoms with Gasteiger partial charge in [-0.1, -0.05) is 0 Å². The van der Waals surface area contributed by atoms with E-state index in [0.717, 1.165) is 12.8 Å². The number of hydrogen-bond acceptors (Lipinski definition) is 4. The lowest BCUT2D eigenvalue weighted by Gasteiger charge is -2.27. The highest BCUT2D eigenvalue weighted by molar-refractivity contribution is 5.93. The molecular formula is C13H16N2O4. The first-order valence-corrected chi connectivity index (χ1v) is 6.11. The number of nitro groups is 1. The van der Waals surface area contributed by atoms with Crippen LogP contribution in [0.5, 0.6) is 0 Å². The van der Waals surface area contributed by atoms with Crippen LogP contribution in [-0.4, -0.2) is 21.5 Å². The molecule has 6 heteroatoms. The average molecular weight is 264 g/mol. The van der Waals surface area contributed by atoms with Crippen LogP contribution < -0.4 is 5.32 Å². The van der Waals surface area contributed by atoms with E-state index in [1.807, 2.05) is 13.8 Å². The zero-order chi connectivity index (χ0) is 14.2. The van der Waals surface area contributed by atoms with Gasteiger partial charge < -0.3 is 10.4 Å². The highest BCUT2D eigenvalue weighted by atomic mass is 16.6. The van der Waals surface area contributed by atoms with Crippen molar-refractivity contribution in [3.8, 4) is 0 Å². The van der Waals surface area contributed by atoms with E-state index in [1.165, 1.54) is 12.1 Å². The van der Waals surface area contributed by atoms with Crippen molar-refractivity contribution in [2.45, 2.75) is 32.2 Å². The largest absolute Gasteiger partial charge is 0.477 e. The van der Waals surface area contributed by atoms with Crippen molar-refractivity contribution < 1.29 is 14.8 Å². The summed E-state index contributed by atoms with van der Waals surface area (Å²) in [6.07, 6.45) is 2.30. The third-order valence-corrected chi connectivity index (χ3v) is 3.49. The SMILES string of the molecule is CC(C)(Nc1ccc(C(=O)O)c([N+](=O)[O-])c1)C1CC1. The molecule has 1 aromatic rings. The molecule has 0 heterocycles. The van der Waals surface area contributed by atoms with E-state index in [0.29, 0.717) is 11.6 Å². The summed E-state index contributed by atoms with van der Waals surface area (Å²) in [5, 5.41) is 23.1. The fourth-order valence-corrected chi connectivity index (χ4v) is 2.22. The molecule has 1 aromatic carbocycles. The molecule has 1 aliphatic carbocycles. The number of carboxylic acids is 1. The number of anilines is 1. The Kier molecular flexibility index (Phi) is 3.18. The lowest BCUT2D eigenvalue weighted by Crippen LogP contribution is -2.33. The minimum absolute atomic E-state index is 0.140. The second kappa shape index (κ2) is 4.53. The third kappa shape index (κ3) is 2.83. The highest BCUT2D eigenvalue weighted by Gasteiger charge is 2.37. The van der Waals surface area contributed by atoms with Crippen LogP contribution in [0.4, 0.5) is 11.4 Å². The molecule has 1 saturated carbocycles. The van der Waals surface area contributed by atoms with Crippen LogP contribution in [0.15, 0.2) is 18.2 Å². The van der Waals surface area contributed by atoms with E-state index in [4.69, 9.17) is 5.11 Å². The van der Waals surface area contributed by atoms with Crippen molar-refractivity contribution >= 4 is 17.3 Å². The van der Waals surface area contributed by atoms with Crippen LogP contribution in [0.3, 0.4) is 0 Å². The summed E-state index contributed by atoms with van der Waals surface area (Å²) in [5.74, 6) is -0.731. The van der Waals surface area contributed by atoms with Gasteiger partial charge in [0.25, 0.3) is 5.69 Å². The van der Waals surface area contributed by atoms with Crippen LogP contribution in [0, 0.1) is 16.0 Å². The van der Waals surface area contributed by atoms with Crippen LogP contribution in [-0.2, 0) is 0 Å². The maximum Gasteiger partial charge on any atom is 0.342 e. The van der Waals surface area contributed by atoms with Crippen LogP contribution in [0.1, 0.15) is 37.0 Å². The van der Waals surface area contributed by atoms with Gasteiger partial charge >= 0.3 is 5.97 Å². The summed E-state index contributed by atoms with van der Waals surface area (Å²) >= 11 is 0. The topological polar surface area (TPSA) is 92.5 Å². The minimum atomic E-state index is -1.29. The van der Waals surface area contributed by atoms with Crippen LogP contribution in [0.25, 0.3) is 0 Å². The van der Waals surface area contributed by atoms with Gasteiger partial charge in [0.2, 0.25) is 0 Å². The number of aromatic carboxylic acids is 1.